The standard InChI is InChI=1S/C30H23F3O2/c1-2-3-19-4-6-21(7-5-19)25-14-11-23(29(32)30(25)33)17-34-24-12-8-20(9-13-24)22-10-15-26(27(31)16-22)28-18-35-28/h2-16,28H,17-18H2,1H3/b3-2+. The van der Waals surface area contributed by atoms with E-state index in [1.807, 2.05) is 37.3 Å². The smallest absolute Gasteiger partial charge is 0.167 e. The van der Waals surface area contributed by atoms with E-state index in [1.165, 1.54) is 12.1 Å². The van der Waals surface area contributed by atoms with E-state index in [0.29, 0.717) is 23.5 Å². The number of hydrogen-bond donors (Lipinski definition) is 0. The minimum Gasteiger partial charge on any atom is -0.489 e. The third kappa shape index (κ3) is 5.00. The molecular formula is C30H23F3O2. The largest absolute Gasteiger partial charge is 0.489 e. The molecule has 0 bridgehead atoms. The second-order valence-corrected chi connectivity index (χ2v) is 8.39. The molecule has 1 heterocycles. The second-order valence-electron chi connectivity index (χ2n) is 8.39. The Bertz CT molecular complexity index is 1370. The van der Waals surface area contributed by atoms with E-state index in [1.54, 1.807) is 48.5 Å². The molecule has 1 aliphatic rings. The van der Waals surface area contributed by atoms with E-state index < -0.39 is 11.6 Å². The Morgan fingerprint density at radius 1 is 0.829 bits per heavy atom. The van der Waals surface area contributed by atoms with Crippen LogP contribution in [0.3, 0.4) is 0 Å². The van der Waals surface area contributed by atoms with Crippen LogP contribution in [-0.2, 0) is 11.3 Å². The molecule has 0 aromatic heterocycles. The van der Waals surface area contributed by atoms with Gasteiger partial charge in [0.1, 0.15) is 24.3 Å². The highest BCUT2D eigenvalue weighted by atomic mass is 19.2. The van der Waals surface area contributed by atoms with Crippen molar-refractivity contribution in [2.75, 3.05) is 6.61 Å². The van der Waals surface area contributed by atoms with Gasteiger partial charge in [-0.25, -0.2) is 13.2 Å². The maximum atomic E-state index is 14.8. The molecule has 1 atom stereocenters. The van der Waals surface area contributed by atoms with Gasteiger partial charge in [-0.3, -0.25) is 0 Å². The third-order valence-electron chi connectivity index (χ3n) is 6.01. The quantitative estimate of drug-likeness (QED) is 0.253. The molecule has 5 heteroatoms. The summed E-state index contributed by atoms with van der Waals surface area (Å²) in [6, 6.07) is 22.5. The Balaban J connectivity index is 1.27. The van der Waals surface area contributed by atoms with Crippen LogP contribution in [0.2, 0.25) is 0 Å². The first-order valence-electron chi connectivity index (χ1n) is 11.4. The minimum atomic E-state index is -0.924. The van der Waals surface area contributed by atoms with Gasteiger partial charge in [0.15, 0.2) is 11.6 Å². The predicted octanol–water partition coefficient (Wildman–Crippen LogP) is 8.12. The molecule has 4 aromatic carbocycles. The van der Waals surface area contributed by atoms with Crippen molar-refractivity contribution in [3.05, 3.63) is 119 Å². The van der Waals surface area contributed by atoms with Gasteiger partial charge in [0.05, 0.1) is 6.61 Å². The third-order valence-corrected chi connectivity index (χ3v) is 6.01. The zero-order chi connectivity index (χ0) is 24.4. The molecule has 0 N–H and O–H groups in total. The highest BCUT2D eigenvalue weighted by Gasteiger charge is 2.27. The molecule has 0 radical (unpaired) electrons. The van der Waals surface area contributed by atoms with Crippen LogP contribution in [0.1, 0.15) is 29.7 Å². The van der Waals surface area contributed by atoms with Gasteiger partial charge in [-0.05, 0) is 47.4 Å². The van der Waals surface area contributed by atoms with Crippen molar-refractivity contribution >= 4 is 6.08 Å². The number of halogens is 3. The van der Waals surface area contributed by atoms with Crippen molar-refractivity contribution in [2.45, 2.75) is 19.6 Å². The lowest BCUT2D eigenvalue weighted by Gasteiger charge is -2.11. The molecule has 1 aliphatic heterocycles. The minimum absolute atomic E-state index is 0.118. The lowest BCUT2D eigenvalue weighted by Crippen LogP contribution is -2.02. The summed E-state index contributed by atoms with van der Waals surface area (Å²) in [6.07, 6.45) is 3.72. The first kappa shape index (κ1) is 22.9. The van der Waals surface area contributed by atoms with Crippen LogP contribution in [-0.4, -0.2) is 6.61 Å². The Kier molecular flexibility index (Phi) is 6.43. The fourth-order valence-corrected chi connectivity index (χ4v) is 3.99. The molecule has 0 aliphatic carbocycles. The molecule has 1 fully saturated rings. The highest BCUT2D eigenvalue weighted by Crippen LogP contribution is 2.34. The molecule has 2 nitrogen and oxygen atoms in total. The van der Waals surface area contributed by atoms with E-state index in [4.69, 9.17) is 9.47 Å². The van der Waals surface area contributed by atoms with Crippen LogP contribution >= 0.6 is 0 Å². The lowest BCUT2D eigenvalue weighted by atomic mass is 10.0. The van der Waals surface area contributed by atoms with Gasteiger partial charge in [0, 0.05) is 16.7 Å². The monoisotopic (exact) mass is 472 g/mol. The van der Waals surface area contributed by atoms with Gasteiger partial charge >= 0.3 is 0 Å². The van der Waals surface area contributed by atoms with Gasteiger partial charge in [-0.2, -0.15) is 0 Å². The fourth-order valence-electron chi connectivity index (χ4n) is 3.99. The Morgan fingerprint density at radius 3 is 2.17 bits per heavy atom. The van der Waals surface area contributed by atoms with E-state index >= 15 is 0 Å². The first-order valence-corrected chi connectivity index (χ1v) is 11.4. The summed E-state index contributed by atoms with van der Waals surface area (Å²) < 4.78 is 54.7. The molecule has 0 saturated carbocycles. The van der Waals surface area contributed by atoms with Crippen LogP contribution in [0, 0.1) is 17.5 Å². The Morgan fingerprint density at radius 2 is 1.51 bits per heavy atom. The van der Waals surface area contributed by atoms with Crippen LogP contribution in [0.5, 0.6) is 5.75 Å². The molecule has 0 spiro atoms. The van der Waals surface area contributed by atoms with Crippen molar-refractivity contribution in [1.29, 1.82) is 0 Å². The van der Waals surface area contributed by atoms with Gasteiger partial charge in [0.2, 0.25) is 0 Å². The van der Waals surface area contributed by atoms with E-state index in [0.717, 1.165) is 16.7 Å². The summed E-state index contributed by atoms with van der Waals surface area (Å²) in [4.78, 5) is 0. The van der Waals surface area contributed by atoms with E-state index in [9.17, 15) is 13.2 Å². The normalized spacial score (nSPS) is 14.9. The molecule has 0 amide bonds. The number of epoxide rings is 1. The molecule has 35 heavy (non-hydrogen) atoms. The Labute approximate surface area is 202 Å². The summed E-state index contributed by atoms with van der Waals surface area (Å²) in [5.41, 5.74) is 4.05. The summed E-state index contributed by atoms with van der Waals surface area (Å²) in [6.45, 7) is 2.36. The number of allylic oxidation sites excluding steroid dienone is 1. The van der Waals surface area contributed by atoms with Crippen LogP contribution < -0.4 is 4.74 Å². The van der Waals surface area contributed by atoms with Crippen molar-refractivity contribution < 1.29 is 22.6 Å². The van der Waals surface area contributed by atoms with Crippen LogP contribution in [0.25, 0.3) is 28.3 Å². The summed E-state index contributed by atoms with van der Waals surface area (Å²) >= 11 is 0. The van der Waals surface area contributed by atoms with Gasteiger partial charge < -0.3 is 9.47 Å². The maximum absolute atomic E-state index is 14.8. The van der Waals surface area contributed by atoms with E-state index in [2.05, 4.69) is 0 Å². The molecular weight excluding hydrogens is 449 g/mol. The summed E-state index contributed by atoms with van der Waals surface area (Å²) in [7, 11) is 0. The zero-order valence-corrected chi connectivity index (χ0v) is 19.1. The first-order chi connectivity index (χ1) is 17.0. The highest BCUT2D eigenvalue weighted by molar-refractivity contribution is 5.67. The Hall–Kier alpha value is -3.83. The average molecular weight is 473 g/mol. The van der Waals surface area contributed by atoms with Crippen molar-refractivity contribution in [3.63, 3.8) is 0 Å². The molecule has 176 valence electrons. The van der Waals surface area contributed by atoms with Gasteiger partial charge in [0.25, 0.3) is 0 Å². The topological polar surface area (TPSA) is 21.8 Å². The van der Waals surface area contributed by atoms with Crippen LogP contribution in [0.15, 0.2) is 84.9 Å². The fraction of sp³-hybridized carbons (Fsp3) is 0.133. The van der Waals surface area contributed by atoms with Crippen molar-refractivity contribution in [3.8, 4) is 28.0 Å². The SMILES string of the molecule is C/C=C/c1ccc(-c2ccc(COc3ccc(-c4ccc(C5CO5)c(F)c4)cc3)c(F)c2F)cc1. The second kappa shape index (κ2) is 9.80. The van der Waals surface area contributed by atoms with Crippen molar-refractivity contribution in [1.82, 2.24) is 0 Å². The molecule has 1 unspecified atom stereocenters. The average Bonchev–Trinajstić information content (AvgIpc) is 3.71. The number of rotatable bonds is 7. The molecule has 4 aromatic rings. The summed E-state index contributed by atoms with van der Waals surface area (Å²) in [5, 5.41) is 0. The number of hydrogen-bond acceptors (Lipinski definition) is 2. The molecule has 5 rings (SSSR count). The predicted molar refractivity (Wildman–Crippen MR) is 131 cm³/mol. The van der Waals surface area contributed by atoms with Gasteiger partial charge in [-0.15, -0.1) is 0 Å². The van der Waals surface area contributed by atoms with E-state index in [-0.39, 0.29) is 29.7 Å². The number of ether oxygens (including phenoxy) is 2. The maximum Gasteiger partial charge on any atom is 0.167 e. The summed E-state index contributed by atoms with van der Waals surface area (Å²) in [5.74, 6) is -1.62. The van der Waals surface area contributed by atoms with Crippen molar-refractivity contribution in [2.24, 2.45) is 0 Å². The lowest BCUT2D eigenvalue weighted by molar-refractivity contribution is 0.297. The zero-order valence-electron chi connectivity index (χ0n) is 19.1. The van der Waals surface area contributed by atoms with Gasteiger partial charge in [-0.1, -0.05) is 72.8 Å². The molecule has 1 saturated heterocycles. The van der Waals surface area contributed by atoms with Crippen LogP contribution in [0.4, 0.5) is 13.2 Å². The number of benzene rings is 4.